The van der Waals surface area contributed by atoms with Crippen LogP contribution in [0.1, 0.15) is 63.7 Å². The molecule has 0 fully saturated rings. The second-order valence-electron chi connectivity index (χ2n) is 9.19. The number of primary amides is 2. The van der Waals surface area contributed by atoms with Crippen molar-refractivity contribution in [2.75, 3.05) is 10.6 Å². The minimum Gasteiger partial charge on any atom is -0.366 e. The second kappa shape index (κ2) is 12.4. The highest BCUT2D eigenvalue weighted by Crippen LogP contribution is 2.22. The molecule has 4 amide bonds. The number of nitrogens with one attached hydrogen (secondary N) is 3. The number of carbonyl (C=O) groups is 4. The molecule has 0 spiro atoms. The largest absolute Gasteiger partial charge is 0.366 e. The number of hydrogen-bond donors (Lipinski definition) is 5. The van der Waals surface area contributed by atoms with E-state index < -0.39 is 23.6 Å². The van der Waals surface area contributed by atoms with Gasteiger partial charge in [-0.25, -0.2) is 0 Å². The van der Waals surface area contributed by atoms with Crippen molar-refractivity contribution >= 4 is 52.9 Å². The van der Waals surface area contributed by atoms with Crippen molar-refractivity contribution < 1.29 is 19.2 Å². The maximum atomic E-state index is 13.2. The molecule has 208 valence electrons. The Bertz CT molecular complexity index is 1660. The number of nitrogens with two attached hydrogens (primary N) is 2. The summed E-state index contributed by atoms with van der Waals surface area (Å²) in [5, 5.41) is 14.3. The summed E-state index contributed by atoms with van der Waals surface area (Å²) in [5.74, 6) is -2.84. The Morgan fingerprint density at radius 2 is 1.00 bits per heavy atom. The van der Waals surface area contributed by atoms with Gasteiger partial charge in [-0.15, -0.1) is 0 Å². The molecule has 0 aromatic heterocycles. The maximum absolute atomic E-state index is 13.2. The van der Waals surface area contributed by atoms with E-state index in [4.69, 9.17) is 16.9 Å². The first-order valence-corrected chi connectivity index (χ1v) is 12.7. The average Bonchev–Trinajstić information content (AvgIpc) is 3.00. The average molecular weight is 558 g/mol. The van der Waals surface area contributed by atoms with Crippen molar-refractivity contribution in [3.05, 3.63) is 143 Å². The van der Waals surface area contributed by atoms with Crippen LogP contribution in [0.15, 0.2) is 98.1 Å². The second-order valence-corrected chi connectivity index (χ2v) is 9.19. The van der Waals surface area contributed by atoms with E-state index >= 15 is 0 Å². The zero-order valence-electron chi connectivity index (χ0n) is 22.4. The lowest BCUT2D eigenvalue weighted by atomic mass is 9.94. The van der Waals surface area contributed by atoms with Crippen LogP contribution in [-0.2, 0) is 0 Å². The fourth-order valence-corrected chi connectivity index (χ4v) is 4.26. The van der Waals surface area contributed by atoms with E-state index in [2.05, 4.69) is 23.8 Å². The maximum Gasteiger partial charge on any atom is 0.256 e. The predicted octanol–water partition coefficient (Wildman–Crippen LogP) is 5.09. The summed E-state index contributed by atoms with van der Waals surface area (Å²) in [6.45, 7) is 7.43. The first kappa shape index (κ1) is 28.9. The summed E-state index contributed by atoms with van der Waals surface area (Å²) in [4.78, 5) is 50.7. The van der Waals surface area contributed by atoms with Gasteiger partial charge in [-0.05, 0) is 59.7 Å². The summed E-state index contributed by atoms with van der Waals surface area (Å²) in [6.07, 6.45) is 3.26. The lowest BCUT2D eigenvalue weighted by Crippen LogP contribution is -2.22. The summed E-state index contributed by atoms with van der Waals surface area (Å²) < 4.78 is 0. The number of benzene rings is 4. The molecule has 0 heterocycles. The molecule has 0 atom stereocenters. The molecule has 0 saturated heterocycles. The number of carbonyl (C=O) groups excluding carboxylic acids is 4. The van der Waals surface area contributed by atoms with E-state index in [0.717, 1.165) is 11.1 Å². The van der Waals surface area contributed by atoms with Crippen molar-refractivity contribution in [1.82, 2.24) is 0 Å². The highest BCUT2D eigenvalue weighted by atomic mass is 16.2. The lowest BCUT2D eigenvalue weighted by Gasteiger charge is -2.14. The molecule has 42 heavy (non-hydrogen) atoms. The Morgan fingerprint density at radius 3 is 1.36 bits per heavy atom. The molecule has 4 aromatic rings. The molecule has 0 aliphatic heterocycles. The lowest BCUT2D eigenvalue weighted by molar-refractivity contribution is 0.0976. The number of amides is 4. The quantitative estimate of drug-likeness (QED) is 0.171. The Labute approximate surface area is 242 Å². The minimum atomic E-state index is -0.816. The fourth-order valence-electron chi connectivity index (χ4n) is 4.26. The Morgan fingerprint density at radius 1 is 0.595 bits per heavy atom. The molecule has 4 aromatic carbocycles. The molecule has 9 nitrogen and oxygen atoms in total. The smallest absolute Gasteiger partial charge is 0.256 e. The SMILES string of the molecule is C=Cc1cccc(NC(=O)c2cc(C(=N)c3ccc(C(N)=O)c(C(=O)Nc4cccc(C=C)c4)c3)ccc2C(N)=O)c1. The van der Waals surface area contributed by atoms with Crippen LogP contribution in [0.25, 0.3) is 12.2 Å². The van der Waals surface area contributed by atoms with Gasteiger partial charge in [0.05, 0.1) is 28.0 Å². The topological polar surface area (TPSA) is 168 Å². The van der Waals surface area contributed by atoms with E-state index in [9.17, 15) is 19.2 Å². The predicted molar refractivity (Wildman–Crippen MR) is 165 cm³/mol. The Hall–Kier alpha value is -6.09. The van der Waals surface area contributed by atoms with Gasteiger partial charge in [0.15, 0.2) is 0 Å². The van der Waals surface area contributed by atoms with E-state index in [1.54, 1.807) is 48.6 Å². The summed E-state index contributed by atoms with van der Waals surface area (Å²) >= 11 is 0. The fraction of sp³-hybridized carbons (Fsp3) is 0. The van der Waals surface area contributed by atoms with Crippen LogP contribution in [0.4, 0.5) is 11.4 Å². The van der Waals surface area contributed by atoms with E-state index in [0.29, 0.717) is 11.4 Å². The summed E-state index contributed by atoms with van der Waals surface area (Å²) in [7, 11) is 0. The highest BCUT2D eigenvalue weighted by molar-refractivity contribution is 6.18. The molecule has 4 rings (SSSR count). The van der Waals surface area contributed by atoms with Crippen LogP contribution < -0.4 is 22.1 Å². The zero-order valence-corrected chi connectivity index (χ0v) is 22.4. The summed E-state index contributed by atoms with van der Waals surface area (Å²) in [6, 6.07) is 22.3. The Kier molecular flexibility index (Phi) is 8.53. The van der Waals surface area contributed by atoms with Gasteiger partial charge in [-0.1, -0.05) is 61.7 Å². The van der Waals surface area contributed by atoms with Crippen LogP contribution in [0.5, 0.6) is 0 Å². The third-order valence-corrected chi connectivity index (χ3v) is 6.40. The van der Waals surface area contributed by atoms with Crippen molar-refractivity contribution in [2.24, 2.45) is 11.5 Å². The van der Waals surface area contributed by atoms with E-state index in [1.807, 2.05) is 12.1 Å². The van der Waals surface area contributed by atoms with Gasteiger partial charge in [0.2, 0.25) is 11.8 Å². The molecular weight excluding hydrogens is 530 g/mol. The Balaban J connectivity index is 1.69. The molecule has 0 unspecified atom stereocenters. The monoisotopic (exact) mass is 557 g/mol. The first-order valence-electron chi connectivity index (χ1n) is 12.7. The van der Waals surface area contributed by atoms with Gasteiger partial charge in [-0.3, -0.25) is 24.6 Å². The molecular formula is C33H27N5O4. The molecule has 0 saturated carbocycles. The van der Waals surface area contributed by atoms with Crippen molar-refractivity contribution in [3.63, 3.8) is 0 Å². The van der Waals surface area contributed by atoms with E-state index in [1.165, 1.54) is 36.4 Å². The van der Waals surface area contributed by atoms with Gasteiger partial charge < -0.3 is 22.1 Å². The first-order chi connectivity index (χ1) is 20.1. The van der Waals surface area contributed by atoms with Gasteiger partial charge in [-0.2, -0.15) is 0 Å². The number of anilines is 2. The summed E-state index contributed by atoms with van der Waals surface area (Å²) in [5.41, 5.74) is 13.9. The van der Waals surface area contributed by atoms with Crippen molar-refractivity contribution in [3.8, 4) is 0 Å². The van der Waals surface area contributed by atoms with Gasteiger partial charge in [0.1, 0.15) is 0 Å². The molecule has 0 radical (unpaired) electrons. The van der Waals surface area contributed by atoms with Gasteiger partial charge in [0, 0.05) is 22.5 Å². The van der Waals surface area contributed by atoms with Crippen molar-refractivity contribution in [1.29, 1.82) is 5.41 Å². The molecule has 0 aliphatic carbocycles. The molecule has 9 heteroatoms. The highest BCUT2D eigenvalue weighted by Gasteiger charge is 2.21. The number of hydrogen-bond acceptors (Lipinski definition) is 5. The van der Waals surface area contributed by atoms with Crippen LogP contribution in [-0.4, -0.2) is 29.3 Å². The zero-order chi connectivity index (χ0) is 30.4. The third kappa shape index (κ3) is 6.37. The van der Waals surface area contributed by atoms with Crippen LogP contribution in [0.3, 0.4) is 0 Å². The van der Waals surface area contributed by atoms with Crippen LogP contribution in [0.2, 0.25) is 0 Å². The minimum absolute atomic E-state index is 0.0326. The number of rotatable bonds is 10. The standard InChI is InChI=1S/C33H27N5O4/c1-3-19-7-5-9-23(15-19)37-32(41)27-17-21(11-13-25(27)30(35)39)29(34)22-12-14-26(31(36)40)28(18-22)33(42)38-24-10-6-8-20(4-2)16-24/h3-18,34H,1-2H2,(H2,35,39)(H2,36,40)(H,37,41)(H,38,42). The van der Waals surface area contributed by atoms with Crippen LogP contribution >= 0.6 is 0 Å². The normalized spacial score (nSPS) is 10.3. The molecule has 7 N–H and O–H groups in total. The van der Waals surface area contributed by atoms with Crippen LogP contribution in [0, 0.1) is 5.41 Å². The van der Waals surface area contributed by atoms with Crippen molar-refractivity contribution in [2.45, 2.75) is 0 Å². The van der Waals surface area contributed by atoms with E-state index in [-0.39, 0.29) is 39.1 Å². The third-order valence-electron chi connectivity index (χ3n) is 6.40. The molecule has 0 bridgehead atoms. The van der Waals surface area contributed by atoms with Gasteiger partial charge in [0.25, 0.3) is 11.8 Å². The van der Waals surface area contributed by atoms with Gasteiger partial charge >= 0.3 is 0 Å². The molecule has 0 aliphatic rings.